The minimum Gasteiger partial charge on any atom is -0.519 e. The number of halogens is 1. The van der Waals surface area contributed by atoms with Crippen LogP contribution in [0.25, 0.3) is 0 Å². The van der Waals surface area contributed by atoms with E-state index < -0.39 is 53.3 Å². The van der Waals surface area contributed by atoms with Gasteiger partial charge in [-0.15, -0.1) is 0 Å². The van der Waals surface area contributed by atoms with E-state index in [-0.39, 0.29) is 17.8 Å². The second-order valence-corrected chi connectivity index (χ2v) is 15.0. The molecule has 1 aromatic carbocycles. The van der Waals surface area contributed by atoms with Gasteiger partial charge in [0, 0.05) is 18.8 Å². The zero-order chi connectivity index (χ0) is 22.3. The minimum atomic E-state index is -2.27. The lowest BCUT2D eigenvalue weighted by Crippen LogP contribution is -2.79. The first-order valence-corrected chi connectivity index (χ1v) is 15.3. The van der Waals surface area contributed by atoms with Gasteiger partial charge in [0.1, 0.15) is 16.5 Å². The van der Waals surface area contributed by atoms with Crippen molar-refractivity contribution in [1.82, 2.24) is 10.2 Å². The van der Waals surface area contributed by atoms with Gasteiger partial charge >= 0.3 is 5.97 Å². The SMILES string of the molecule is CC(=O)NC1S(=O)[C@@H]2C(Oc3ccccc3)C(=O)N2CC1(CBr)C(=O)O[Si](C)(C)C. The maximum Gasteiger partial charge on any atom is 0.304 e. The smallest absolute Gasteiger partial charge is 0.304 e. The summed E-state index contributed by atoms with van der Waals surface area (Å²) in [6.45, 7) is 6.87. The summed E-state index contributed by atoms with van der Waals surface area (Å²) in [7, 11) is -4.07. The van der Waals surface area contributed by atoms with Gasteiger partial charge in [-0.2, -0.15) is 0 Å². The van der Waals surface area contributed by atoms with E-state index in [0.717, 1.165) is 0 Å². The number of fused-ring (bicyclic) bond motifs is 1. The second-order valence-electron chi connectivity index (χ2n) is 8.41. The number of ether oxygens (including phenoxy) is 1. The van der Waals surface area contributed by atoms with Crippen LogP contribution in [0.15, 0.2) is 30.3 Å². The monoisotopic (exact) mass is 516 g/mol. The van der Waals surface area contributed by atoms with Crippen LogP contribution < -0.4 is 10.1 Å². The summed E-state index contributed by atoms with van der Waals surface area (Å²) < 4.78 is 25.0. The molecule has 0 bridgehead atoms. The first-order valence-electron chi connectivity index (χ1n) is 9.48. The van der Waals surface area contributed by atoms with Crippen molar-refractivity contribution >= 4 is 52.8 Å². The number of β-lactam (4-membered cyclic amide) rings is 1. The number of amides is 2. The lowest BCUT2D eigenvalue weighted by atomic mass is 9.87. The highest BCUT2D eigenvalue weighted by Crippen LogP contribution is 2.43. The maximum absolute atomic E-state index is 13.5. The van der Waals surface area contributed by atoms with E-state index in [4.69, 9.17) is 9.16 Å². The fraction of sp³-hybridized carbons (Fsp3) is 0.526. The lowest BCUT2D eigenvalue weighted by Gasteiger charge is -2.55. The van der Waals surface area contributed by atoms with Crippen molar-refractivity contribution in [1.29, 1.82) is 0 Å². The van der Waals surface area contributed by atoms with Crippen molar-refractivity contribution in [3.8, 4) is 5.75 Å². The number of rotatable bonds is 6. The van der Waals surface area contributed by atoms with E-state index in [1.807, 2.05) is 25.7 Å². The molecule has 164 valence electrons. The molecule has 30 heavy (non-hydrogen) atoms. The number of hydrogen-bond donors (Lipinski definition) is 1. The van der Waals surface area contributed by atoms with Gasteiger partial charge in [0.05, 0.1) is 10.8 Å². The van der Waals surface area contributed by atoms with Gasteiger partial charge in [-0.3, -0.25) is 18.6 Å². The van der Waals surface area contributed by atoms with Crippen LogP contribution in [0.2, 0.25) is 19.6 Å². The Bertz CT molecular complexity index is 880. The van der Waals surface area contributed by atoms with Crippen LogP contribution >= 0.6 is 15.9 Å². The molecule has 0 aromatic heterocycles. The maximum atomic E-state index is 13.5. The van der Waals surface area contributed by atoms with Gasteiger partial charge in [0.2, 0.25) is 20.3 Å². The van der Waals surface area contributed by atoms with Gasteiger partial charge in [0.15, 0.2) is 5.37 Å². The molecule has 5 atom stereocenters. The summed E-state index contributed by atoms with van der Waals surface area (Å²) in [6, 6.07) is 8.79. The second kappa shape index (κ2) is 8.43. The standard InChI is InChI=1S/C19H25BrN2O6SSi/c1-12(23)21-17-19(10-20,18(25)28-30(2,3)4)11-22-15(24)14(16(22)29(17)26)27-13-8-6-5-7-9-13/h5-9,14,16-17H,10-11H2,1-4H3,(H,21,23)/t14?,16-,17?,19?,29?/m1/s1. The van der Waals surface area contributed by atoms with Crippen molar-refractivity contribution < 1.29 is 27.8 Å². The minimum absolute atomic E-state index is 0.0175. The molecular weight excluding hydrogens is 492 g/mol. The van der Waals surface area contributed by atoms with Gasteiger partial charge in [-0.25, -0.2) is 0 Å². The molecule has 1 aromatic rings. The fourth-order valence-electron chi connectivity index (χ4n) is 3.51. The summed E-state index contributed by atoms with van der Waals surface area (Å²) in [5.74, 6) is -0.841. The largest absolute Gasteiger partial charge is 0.519 e. The summed E-state index contributed by atoms with van der Waals surface area (Å²) in [6.07, 6.45) is -0.939. The number of nitrogens with zero attached hydrogens (tertiary/aromatic N) is 1. The Labute approximate surface area is 187 Å². The Kier molecular flexibility index (Phi) is 6.45. The van der Waals surface area contributed by atoms with E-state index >= 15 is 0 Å². The normalized spacial score (nSPS) is 30.7. The number of carbonyl (C=O) groups is 3. The molecule has 0 radical (unpaired) electrons. The van der Waals surface area contributed by atoms with Gasteiger partial charge in [-0.05, 0) is 31.8 Å². The Morgan fingerprint density at radius 1 is 1.30 bits per heavy atom. The predicted molar refractivity (Wildman–Crippen MR) is 118 cm³/mol. The zero-order valence-corrected chi connectivity index (χ0v) is 20.6. The van der Waals surface area contributed by atoms with Crippen LogP contribution in [0, 0.1) is 5.41 Å². The van der Waals surface area contributed by atoms with E-state index in [1.165, 1.54) is 11.8 Å². The van der Waals surface area contributed by atoms with Crippen LogP contribution in [0.5, 0.6) is 5.75 Å². The first-order chi connectivity index (χ1) is 14.0. The molecular formula is C19H25BrN2O6SSi. The zero-order valence-electron chi connectivity index (χ0n) is 17.2. The molecule has 0 aliphatic carbocycles. The Balaban J connectivity index is 1.93. The molecule has 2 saturated heterocycles. The molecule has 8 nitrogen and oxygen atoms in total. The highest BCUT2D eigenvalue weighted by atomic mass is 79.9. The summed E-state index contributed by atoms with van der Waals surface area (Å²) in [5.41, 5.74) is -1.36. The fourth-order valence-corrected chi connectivity index (χ4v) is 7.32. The summed E-state index contributed by atoms with van der Waals surface area (Å²) in [4.78, 5) is 39.3. The molecule has 2 amide bonds. The summed E-state index contributed by atoms with van der Waals surface area (Å²) in [5, 5.41) is 0.979. The summed E-state index contributed by atoms with van der Waals surface area (Å²) >= 11 is 3.35. The number of nitrogens with one attached hydrogen (secondary N) is 1. The number of hydrogen-bond acceptors (Lipinski definition) is 6. The predicted octanol–water partition coefficient (Wildman–Crippen LogP) is 1.59. The molecule has 2 heterocycles. The molecule has 3 rings (SSSR count). The number of alkyl halides is 1. The topological polar surface area (TPSA) is 102 Å². The van der Waals surface area contributed by atoms with Crippen LogP contribution in [-0.4, -0.2) is 63.9 Å². The molecule has 2 aliphatic heterocycles. The highest BCUT2D eigenvalue weighted by Gasteiger charge is 2.66. The van der Waals surface area contributed by atoms with Gasteiger partial charge in [0.25, 0.3) is 5.91 Å². The molecule has 0 saturated carbocycles. The molecule has 1 N–H and O–H groups in total. The first kappa shape index (κ1) is 23.0. The number of benzene rings is 1. The highest BCUT2D eigenvalue weighted by molar-refractivity contribution is 9.09. The van der Waals surface area contributed by atoms with Crippen molar-refractivity contribution in [3.05, 3.63) is 30.3 Å². The Morgan fingerprint density at radius 3 is 2.47 bits per heavy atom. The average Bonchev–Trinajstić information content (AvgIpc) is 2.66. The number of carbonyl (C=O) groups excluding carboxylic acids is 3. The van der Waals surface area contributed by atoms with Crippen molar-refractivity contribution in [2.75, 3.05) is 11.9 Å². The van der Waals surface area contributed by atoms with Crippen LogP contribution in [0.1, 0.15) is 6.92 Å². The third-order valence-corrected chi connectivity index (χ3v) is 8.71. The quantitative estimate of drug-likeness (QED) is 0.350. The van der Waals surface area contributed by atoms with E-state index in [1.54, 1.807) is 24.3 Å². The van der Waals surface area contributed by atoms with Crippen molar-refractivity contribution in [2.45, 2.75) is 43.4 Å². The van der Waals surface area contributed by atoms with Crippen LogP contribution in [0.3, 0.4) is 0 Å². The van der Waals surface area contributed by atoms with Gasteiger partial charge < -0.3 is 19.4 Å². The molecule has 2 fully saturated rings. The van der Waals surface area contributed by atoms with E-state index in [9.17, 15) is 18.6 Å². The Morgan fingerprint density at radius 2 is 1.93 bits per heavy atom. The molecule has 4 unspecified atom stereocenters. The lowest BCUT2D eigenvalue weighted by molar-refractivity contribution is -0.165. The average molecular weight is 517 g/mol. The van der Waals surface area contributed by atoms with Gasteiger partial charge in [-0.1, -0.05) is 34.1 Å². The molecule has 11 heteroatoms. The van der Waals surface area contributed by atoms with E-state index in [0.29, 0.717) is 5.75 Å². The third-order valence-electron chi connectivity index (χ3n) is 4.90. The molecule has 0 spiro atoms. The Hall–Kier alpha value is -1.72. The van der Waals surface area contributed by atoms with Crippen molar-refractivity contribution in [2.24, 2.45) is 5.41 Å². The van der Waals surface area contributed by atoms with Crippen LogP contribution in [-0.2, 0) is 29.6 Å². The number of para-hydroxylation sites is 1. The van der Waals surface area contributed by atoms with E-state index in [2.05, 4.69) is 21.2 Å². The molecule has 2 aliphatic rings. The van der Waals surface area contributed by atoms with Crippen molar-refractivity contribution in [3.63, 3.8) is 0 Å². The third kappa shape index (κ3) is 4.19. The van der Waals surface area contributed by atoms with Crippen LogP contribution in [0.4, 0.5) is 0 Å².